The number of fused-ring (bicyclic) bond motifs is 8. The minimum Gasteiger partial charge on any atom is -0.490 e. The van der Waals surface area contributed by atoms with Crippen molar-refractivity contribution in [3.8, 4) is 28.1 Å². The summed E-state index contributed by atoms with van der Waals surface area (Å²) in [6, 6.07) is 9.80. The summed E-state index contributed by atoms with van der Waals surface area (Å²) in [6.45, 7) is 15.4. The second kappa shape index (κ2) is 13.4. The fourth-order valence-corrected chi connectivity index (χ4v) is 7.03. The maximum atomic E-state index is 15.6. The Kier molecular flexibility index (Phi) is 9.50. The summed E-state index contributed by atoms with van der Waals surface area (Å²) in [6.07, 6.45) is 4.42. The molecule has 2 unspecified atom stereocenters. The topological polar surface area (TPSA) is 85.5 Å². The number of imidazole rings is 1. The molecule has 1 N–H and O–H groups in total. The van der Waals surface area contributed by atoms with Gasteiger partial charge in [-0.2, -0.15) is 0 Å². The van der Waals surface area contributed by atoms with E-state index in [0.717, 1.165) is 55.1 Å². The molecule has 0 spiro atoms. The highest BCUT2D eigenvalue weighted by Gasteiger charge is 2.38. The zero-order chi connectivity index (χ0) is 35.2. The molecule has 3 aliphatic rings. The van der Waals surface area contributed by atoms with Crippen molar-refractivity contribution in [2.24, 2.45) is 0 Å². The molecule has 8 nitrogen and oxygen atoms in total. The highest BCUT2D eigenvalue weighted by molar-refractivity contribution is 5.82. The summed E-state index contributed by atoms with van der Waals surface area (Å²) in [5, 5.41) is 10.6. The van der Waals surface area contributed by atoms with Crippen molar-refractivity contribution in [1.29, 1.82) is 0 Å². The molecule has 10 heteroatoms. The number of pyridine rings is 1. The second-order valence-corrected chi connectivity index (χ2v) is 14.8. The molecule has 0 aliphatic carbocycles. The third kappa shape index (κ3) is 7.03. The highest BCUT2D eigenvalue weighted by Crippen LogP contribution is 2.42. The van der Waals surface area contributed by atoms with E-state index in [4.69, 9.17) is 19.2 Å². The summed E-state index contributed by atoms with van der Waals surface area (Å²) in [7, 11) is 0. The van der Waals surface area contributed by atoms with Crippen LogP contribution in [0.2, 0.25) is 0 Å². The number of carboxylic acid groups (broad SMARTS) is 1. The molecule has 49 heavy (non-hydrogen) atoms. The largest absolute Gasteiger partial charge is 0.490 e. The van der Waals surface area contributed by atoms with Gasteiger partial charge in [-0.15, -0.1) is 0 Å². The summed E-state index contributed by atoms with van der Waals surface area (Å²) < 4.78 is 51.2. The number of nitrogens with zero attached hydrogens (tertiary/aromatic N) is 3. The van der Waals surface area contributed by atoms with Gasteiger partial charge in [0, 0.05) is 37.0 Å². The molecule has 2 aromatic carbocycles. The molecule has 7 rings (SSSR count). The van der Waals surface area contributed by atoms with E-state index in [0.29, 0.717) is 47.7 Å². The van der Waals surface area contributed by atoms with Crippen molar-refractivity contribution in [2.45, 2.75) is 104 Å². The molecule has 262 valence electrons. The van der Waals surface area contributed by atoms with Gasteiger partial charge in [-0.05, 0) is 115 Å². The molecule has 0 radical (unpaired) electrons. The number of aromatic nitrogens is 2. The van der Waals surface area contributed by atoms with Crippen molar-refractivity contribution in [3.05, 3.63) is 70.9 Å². The van der Waals surface area contributed by atoms with Gasteiger partial charge < -0.3 is 24.2 Å². The molecular formula is C39H47F2N3O5. The molecule has 5 heterocycles. The fourth-order valence-electron chi connectivity index (χ4n) is 7.03. The van der Waals surface area contributed by atoms with E-state index in [1.807, 2.05) is 58.2 Å². The maximum Gasteiger partial charge on any atom is 0.337 e. The number of piperidine rings is 1. The molecule has 3 aliphatic heterocycles. The standard InChI is InChI=1S/C39H47F2N3O5/c1-23-11-8-9-20-47-39(7)16-18-43(19-17-39)36-31(34(37(45)46)49-38(4,5)6)24(2)25(3)35-42-29(22-44(35)36)26-12-10-13-27(21-26)32-30(48-23)15-14-28(40)33(32)41/h10,12-15,21-23,34H,8-9,11,16-20H2,1-7H3,(H,45,46). The molecule has 6 bridgehead atoms. The Hall–Kier alpha value is -4.02. The Bertz CT molecular complexity index is 1870. The highest BCUT2D eigenvalue weighted by atomic mass is 19.2. The SMILES string of the molecule is Cc1c(C(OC(C)(C)C)C(=O)O)c2n3cc(nc3c1C)-c1cccc(c1)-c1c(ccc(F)c1F)OC(C)CCCCOC1(C)CCN2CC1. The number of ether oxygens (including phenoxy) is 3. The minimum atomic E-state index is -1.22. The summed E-state index contributed by atoms with van der Waals surface area (Å²) >= 11 is 0. The predicted octanol–water partition coefficient (Wildman–Crippen LogP) is 8.83. The van der Waals surface area contributed by atoms with Crippen molar-refractivity contribution < 1.29 is 32.9 Å². The van der Waals surface area contributed by atoms with E-state index in [2.05, 4.69) is 11.8 Å². The zero-order valence-corrected chi connectivity index (χ0v) is 29.5. The number of aryl methyl sites for hydroxylation is 1. The number of halogens is 2. The first-order valence-electron chi connectivity index (χ1n) is 17.2. The minimum absolute atomic E-state index is 0.0603. The summed E-state index contributed by atoms with van der Waals surface area (Å²) in [5.74, 6) is -1.99. The van der Waals surface area contributed by atoms with E-state index < -0.39 is 29.3 Å². The van der Waals surface area contributed by atoms with Crippen LogP contribution in [0, 0.1) is 25.5 Å². The second-order valence-electron chi connectivity index (χ2n) is 14.8. The summed E-state index contributed by atoms with van der Waals surface area (Å²) in [4.78, 5) is 20.2. The molecule has 1 saturated heterocycles. The molecule has 0 saturated carbocycles. The van der Waals surface area contributed by atoms with Crippen LogP contribution < -0.4 is 9.64 Å². The van der Waals surface area contributed by atoms with Gasteiger partial charge in [0.15, 0.2) is 17.7 Å². The predicted molar refractivity (Wildman–Crippen MR) is 186 cm³/mol. The number of carbonyl (C=O) groups is 1. The van der Waals surface area contributed by atoms with Crippen LogP contribution in [0.1, 0.15) is 89.5 Å². The Balaban J connectivity index is 1.58. The number of carboxylic acids is 1. The Morgan fingerprint density at radius 2 is 1.80 bits per heavy atom. The van der Waals surface area contributed by atoms with E-state index in [-0.39, 0.29) is 23.0 Å². The van der Waals surface area contributed by atoms with Crippen LogP contribution in [0.15, 0.2) is 42.6 Å². The van der Waals surface area contributed by atoms with Crippen LogP contribution in [-0.4, -0.2) is 57.5 Å². The lowest BCUT2D eigenvalue weighted by Crippen LogP contribution is -2.45. The van der Waals surface area contributed by atoms with Crippen LogP contribution >= 0.6 is 0 Å². The van der Waals surface area contributed by atoms with Crippen molar-refractivity contribution >= 4 is 17.4 Å². The van der Waals surface area contributed by atoms with Gasteiger partial charge in [-0.3, -0.25) is 4.40 Å². The molecule has 4 aromatic rings. The van der Waals surface area contributed by atoms with E-state index in [1.165, 1.54) is 6.07 Å². The van der Waals surface area contributed by atoms with Crippen LogP contribution in [0.5, 0.6) is 5.75 Å². The Labute approximate surface area is 287 Å². The lowest BCUT2D eigenvalue weighted by atomic mass is 9.92. The van der Waals surface area contributed by atoms with Gasteiger partial charge in [0.05, 0.1) is 28.6 Å². The number of rotatable bonds is 3. The van der Waals surface area contributed by atoms with Gasteiger partial charge in [0.1, 0.15) is 17.2 Å². The fraction of sp³-hybridized carbons (Fsp3) is 0.487. The third-order valence-corrected chi connectivity index (χ3v) is 9.84. The third-order valence-electron chi connectivity index (χ3n) is 9.84. The first-order valence-corrected chi connectivity index (χ1v) is 17.2. The first-order chi connectivity index (χ1) is 23.2. The molecule has 2 aromatic heterocycles. The molecule has 1 fully saturated rings. The lowest BCUT2D eigenvalue weighted by molar-refractivity contribution is -0.160. The van der Waals surface area contributed by atoms with Crippen LogP contribution in [0.3, 0.4) is 0 Å². The Morgan fingerprint density at radius 3 is 2.49 bits per heavy atom. The monoisotopic (exact) mass is 675 g/mol. The van der Waals surface area contributed by atoms with Crippen LogP contribution in [-0.2, 0) is 14.3 Å². The molecule has 0 amide bonds. The van der Waals surface area contributed by atoms with Crippen LogP contribution in [0.4, 0.5) is 14.6 Å². The molecular weight excluding hydrogens is 628 g/mol. The van der Waals surface area contributed by atoms with E-state index in [9.17, 15) is 14.3 Å². The number of hydrogen-bond donors (Lipinski definition) is 1. The quantitative estimate of drug-likeness (QED) is 0.232. The zero-order valence-electron chi connectivity index (χ0n) is 29.5. The molecule has 2 atom stereocenters. The number of aliphatic carboxylic acids is 1. The normalized spacial score (nSPS) is 21.0. The average Bonchev–Trinajstić information content (AvgIpc) is 3.49. The average molecular weight is 676 g/mol. The first kappa shape index (κ1) is 34.8. The van der Waals surface area contributed by atoms with E-state index in [1.54, 1.807) is 18.2 Å². The Morgan fingerprint density at radius 1 is 1.08 bits per heavy atom. The number of anilines is 1. The lowest BCUT2D eigenvalue weighted by Gasteiger charge is -2.42. The van der Waals surface area contributed by atoms with Gasteiger partial charge in [0.2, 0.25) is 0 Å². The van der Waals surface area contributed by atoms with Crippen LogP contribution in [0.25, 0.3) is 28.0 Å². The number of benzene rings is 2. The van der Waals surface area contributed by atoms with Crippen molar-refractivity contribution in [2.75, 3.05) is 24.6 Å². The smallest absolute Gasteiger partial charge is 0.337 e. The van der Waals surface area contributed by atoms with E-state index >= 15 is 4.39 Å². The van der Waals surface area contributed by atoms with Gasteiger partial charge in [-0.1, -0.05) is 18.2 Å². The van der Waals surface area contributed by atoms with Gasteiger partial charge in [-0.25, -0.2) is 18.6 Å². The van der Waals surface area contributed by atoms with Crippen molar-refractivity contribution in [1.82, 2.24) is 9.38 Å². The van der Waals surface area contributed by atoms with Gasteiger partial charge >= 0.3 is 5.97 Å². The maximum absolute atomic E-state index is 15.6. The summed E-state index contributed by atoms with van der Waals surface area (Å²) in [5.41, 5.74) is 3.68. The van der Waals surface area contributed by atoms with Gasteiger partial charge in [0.25, 0.3) is 0 Å². The number of hydrogen-bond acceptors (Lipinski definition) is 6. The van der Waals surface area contributed by atoms with Crippen molar-refractivity contribution in [3.63, 3.8) is 0 Å².